The van der Waals surface area contributed by atoms with Crippen LogP contribution in [0.5, 0.6) is 0 Å². The summed E-state index contributed by atoms with van der Waals surface area (Å²) < 4.78 is 39.8. The van der Waals surface area contributed by atoms with E-state index >= 15 is 0 Å². The molecule has 0 saturated heterocycles. The fraction of sp³-hybridized carbons (Fsp3) is 0.750. The SMILES string of the molecule is COCN=C(CSCCC(F)(F)F)C(=O)O. The second-order valence-electron chi connectivity index (χ2n) is 2.75. The second kappa shape index (κ2) is 7.50. The molecule has 0 rings (SSSR count). The van der Waals surface area contributed by atoms with E-state index < -0.39 is 18.6 Å². The van der Waals surface area contributed by atoms with Crippen LogP contribution in [0.3, 0.4) is 0 Å². The van der Waals surface area contributed by atoms with Gasteiger partial charge in [-0.05, 0) is 0 Å². The molecule has 0 fully saturated rings. The lowest BCUT2D eigenvalue weighted by Gasteiger charge is -2.05. The smallest absolute Gasteiger partial charge is 0.389 e. The molecule has 0 aromatic carbocycles. The predicted molar refractivity (Wildman–Crippen MR) is 54.9 cm³/mol. The Kier molecular flexibility index (Phi) is 7.15. The first-order chi connectivity index (χ1) is 7.37. The average molecular weight is 259 g/mol. The van der Waals surface area contributed by atoms with Gasteiger partial charge in [0.2, 0.25) is 0 Å². The fourth-order valence-electron chi connectivity index (χ4n) is 0.674. The van der Waals surface area contributed by atoms with E-state index in [0.29, 0.717) is 0 Å². The Bertz CT molecular complexity index is 255. The maximum atomic E-state index is 11.8. The molecular formula is C8H12F3NO3S. The maximum absolute atomic E-state index is 11.8. The Morgan fingerprint density at radius 3 is 2.56 bits per heavy atom. The number of halogens is 3. The van der Waals surface area contributed by atoms with Gasteiger partial charge >= 0.3 is 12.1 Å². The number of carboxylic acids is 1. The summed E-state index contributed by atoms with van der Waals surface area (Å²) >= 11 is 0.880. The van der Waals surface area contributed by atoms with E-state index in [1.54, 1.807) is 0 Å². The van der Waals surface area contributed by atoms with Gasteiger partial charge in [0.1, 0.15) is 12.4 Å². The first-order valence-corrected chi connectivity index (χ1v) is 5.42. The van der Waals surface area contributed by atoms with Crippen LogP contribution in [0.1, 0.15) is 6.42 Å². The minimum absolute atomic E-state index is 0.0607. The molecule has 0 saturated carbocycles. The van der Waals surface area contributed by atoms with Crippen LogP contribution in [0, 0.1) is 0 Å². The van der Waals surface area contributed by atoms with E-state index in [1.807, 2.05) is 0 Å². The molecule has 16 heavy (non-hydrogen) atoms. The molecule has 0 heterocycles. The van der Waals surface area contributed by atoms with E-state index in [1.165, 1.54) is 7.11 Å². The molecule has 0 radical (unpaired) electrons. The van der Waals surface area contributed by atoms with Gasteiger partial charge in [0.15, 0.2) is 0 Å². The highest BCUT2D eigenvalue weighted by molar-refractivity contribution is 8.00. The van der Waals surface area contributed by atoms with E-state index in [2.05, 4.69) is 9.73 Å². The molecular weight excluding hydrogens is 247 g/mol. The van der Waals surface area contributed by atoms with Gasteiger partial charge < -0.3 is 9.84 Å². The van der Waals surface area contributed by atoms with E-state index in [0.717, 1.165) is 11.8 Å². The molecule has 0 atom stereocenters. The lowest BCUT2D eigenvalue weighted by Crippen LogP contribution is -2.17. The van der Waals surface area contributed by atoms with Gasteiger partial charge in [-0.25, -0.2) is 4.79 Å². The van der Waals surface area contributed by atoms with Gasteiger partial charge in [-0.1, -0.05) is 0 Å². The number of methoxy groups -OCH3 is 1. The van der Waals surface area contributed by atoms with Crippen molar-refractivity contribution < 1.29 is 27.8 Å². The van der Waals surface area contributed by atoms with Crippen LogP contribution in [0.15, 0.2) is 4.99 Å². The number of rotatable bonds is 7. The molecule has 8 heteroatoms. The van der Waals surface area contributed by atoms with Gasteiger partial charge in [-0.3, -0.25) is 4.99 Å². The van der Waals surface area contributed by atoms with Crippen molar-refractivity contribution in [2.24, 2.45) is 4.99 Å². The van der Waals surface area contributed by atoms with Gasteiger partial charge in [-0.2, -0.15) is 24.9 Å². The van der Waals surface area contributed by atoms with Gasteiger partial charge in [0, 0.05) is 18.6 Å². The lowest BCUT2D eigenvalue weighted by atomic mass is 10.4. The molecule has 0 aliphatic heterocycles. The van der Waals surface area contributed by atoms with Gasteiger partial charge in [0.25, 0.3) is 0 Å². The quantitative estimate of drug-likeness (QED) is 0.559. The molecule has 1 N–H and O–H groups in total. The minimum atomic E-state index is -4.21. The fourth-order valence-corrected chi connectivity index (χ4v) is 1.60. The van der Waals surface area contributed by atoms with Crippen LogP contribution in [0.4, 0.5) is 13.2 Å². The van der Waals surface area contributed by atoms with Crippen molar-refractivity contribution in [3.8, 4) is 0 Å². The molecule has 0 aliphatic carbocycles. The van der Waals surface area contributed by atoms with Gasteiger partial charge in [-0.15, -0.1) is 0 Å². The third kappa shape index (κ3) is 8.54. The van der Waals surface area contributed by atoms with Crippen molar-refractivity contribution in [1.29, 1.82) is 0 Å². The van der Waals surface area contributed by atoms with Crippen LogP contribution in [-0.2, 0) is 9.53 Å². The zero-order chi connectivity index (χ0) is 12.6. The van der Waals surface area contributed by atoms with Crippen LogP contribution >= 0.6 is 11.8 Å². The van der Waals surface area contributed by atoms with E-state index in [4.69, 9.17) is 5.11 Å². The van der Waals surface area contributed by atoms with Crippen molar-refractivity contribution >= 4 is 23.4 Å². The summed E-state index contributed by atoms with van der Waals surface area (Å²) in [7, 11) is 1.35. The second-order valence-corrected chi connectivity index (χ2v) is 3.85. The average Bonchev–Trinajstić information content (AvgIpc) is 2.14. The summed E-state index contributed by atoms with van der Waals surface area (Å²) in [6.45, 7) is -0.110. The molecule has 0 unspecified atom stereocenters. The van der Waals surface area contributed by atoms with Gasteiger partial charge in [0.05, 0.1) is 6.42 Å². The number of hydrogen-bond acceptors (Lipinski definition) is 4. The molecule has 0 amide bonds. The number of ether oxygens (including phenoxy) is 1. The molecule has 4 nitrogen and oxygen atoms in total. The van der Waals surface area contributed by atoms with Crippen LogP contribution in [0.25, 0.3) is 0 Å². The number of aliphatic imine (C=N–C) groups is 1. The summed E-state index contributed by atoms with van der Waals surface area (Å²) in [6, 6.07) is 0. The number of carbonyl (C=O) groups is 1. The van der Waals surface area contributed by atoms with E-state index in [-0.39, 0.29) is 23.9 Å². The topological polar surface area (TPSA) is 58.9 Å². The predicted octanol–water partition coefficient (Wildman–Crippen LogP) is 1.80. The molecule has 0 aromatic heterocycles. The summed E-state index contributed by atoms with van der Waals surface area (Å²) in [5.74, 6) is -1.48. The molecule has 0 bridgehead atoms. The molecule has 94 valence electrons. The third-order valence-electron chi connectivity index (χ3n) is 1.40. The molecule has 0 aliphatic rings. The Labute approximate surface area is 94.9 Å². The summed E-state index contributed by atoms with van der Waals surface area (Å²) in [6.07, 6.45) is -5.14. The largest absolute Gasteiger partial charge is 0.477 e. The Morgan fingerprint density at radius 1 is 1.50 bits per heavy atom. The molecule has 0 spiro atoms. The van der Waals surface area contributed by atoms with Crippen molar-refractivity contribution in [1.82, 2.24) is 0 Å². The standard InChI is InChI=1S/C8H12F3NO3S/c1-15-5-12-6(7(13)14)4-16-3-2-8(9,10)11/h2-5H2,1H3,(H,13,14). The van der Waals surface area contributed by atoms with E-state index in [9.17, 15) is 18.0 Å². The highest BCUT2D eigenvalue weighted by atomic mass is 32.2. The maximum Gasteiger partial charge on any atom is 0.389 e. The zero-order valence-corrected chi connectivity index (χ0v) is 9.40. The summed E-state index contributed by atoms with van der Waals surface area (Å²) in [5.41, 5.74) is -0.186. The highest BCUT2D eigenvalue weighted by Gasteiger charge is 2.26. The highest BCUT2D eigenvalue weighted by Crippen LogP contribution is 2.21. The summed E-state index contributed by atoms with van der Waals surface area (Å²) in [4.78, 5) is 14.1. The van der Waals surface area contributed by atoms with Crippen molar-refractivity contribution in [2.45, 2.75) is 12.6 Å². The first-order valence-electron chi connectivity index (χ1n) is 4.27. The normalized spacial score (nSPS) is 12.9. The number of thioether (sulfide) groups is 1. The third-order valence-corrected chi connectivity index (χ3v) is 2.37. The Morgan fingerprint density at radius 2 is 2.12 bits per heavy atom. The van der Waals surface area contributed by atoms with Crippen LogP contribution < -0.4 is 0 Å². The number of aliphatic carboxylic acids is 1. The number of alkyl halides is 3. The number of nitrogens with zero attached hydrogens (tertiary/aromatic N) is 1. The first kappa shape index (κ1) is 15.2. The van der Waals surface area contributed by atoms with Crippen molar-refractivity contribution in [3.05, 3.63) is 0 Å². The number of hydrogen-bond donors (Lipinski definition) is 1. The Balaban J connectivity index is 3.91. The zero-order valence-electron chi connectivity index (χ0n) is 8.58. The summed E-state index contributed by atoms with van der Waals surface area (Å²) in [5, 5.41) is 8.64. The minimum Gasteiger partial charge on any atom is -0.477 e. The monoisotopic (exact) mass is 259 g/mol. The van der Waals surface area contributed by atoms with Crippen molar-refractivity contribution in [3.63, 3.8) is 0 Å². The van der Waals surface area contributed by atoms with Crippen LogP contribution in [-0.4, -0.2) is 48.3 Å². The number of carboxylic acid groups (broad SMARTS) is 1. The van der Waals surface area contributed by atoms with Crippen LogP contribution in [0.2, 0.25) is 0 Å². The van der Waals surface area contributed by atoms with Crippen molar-refractivity contribution in [2.75, 3.05) is 25.3 Å². The Hall–Kier alpha value is -0.760. The lowest BCUT2D eigenvalue weighted by molar-refractivity contribution is -0.130. The molecule has 0 aromatic rings.